The van der Waals surface area contributed by atoms with E-state index < -0.39 is 23.9 Å². The SMILES string of the molecule is Cc1cc(O)cc(C)c1CCC(=O)N(N)[C@H](CCCN=C(N)N)C(=O)N[C@H](CO)Cc1ccccc1. The third kappa shape index (κ3) is 8.86. The quantitative estimate of drug-likeness (QED) is 0.0589. The minimum atomic E-state index is -0.960. The van der Waals surface area contributed by atoms with Crippen molar-refractivity contribution in [1.29, 1.82) is 0 Å². The Labute approximate surface area is 212 Å². The number of nitrogens with one attached hydrogen (secondary N) is 1. The number of hydrogen-bond donors (Lipinski definition) is 6. The summed E-state index contributed by atoms with van der Waals surface area (Å²) >= 11 is 0. The molecule has 10 nitrogen and oxygen atoms in total. The number of nitrogens with two attached hydrogens (primary N) is 3. The molecule has 0 aromatic heterocycles. The largest absolute Gasteiger partial charge is 0.508 e. The molecule has 2 atom stereocenters. The number of guanidine groups is 1. The Balaban J connectivity index is 2.10. The summed E-state index contributed by atoms with van der Waals surface area (Å²) in [5.41, 5.74) is 14.4. The molecule has 10 heteroatoms. The number of carbonyl (C=O) groups is 2. The van der Waals surface area contributed by atoms with Crippen molar-refractivity contribution in [3.05, 3.63) is 64.7 Å². The average molecular weight is 499 g/mol. The third-order valence-corrected chi connectivity index (χ3v) is 6.02. The second kappa shape index (κ2) is 14.1. The maximum absolute atomic E-state index is 13.2. The number of aliphatic hydroxyl groups excluding tert-OH is 1. The molecular formula is C26H38N6O4. The Morgan fingerprint density at radius 2 is 1.75 bits per heavy atom. The van der Waals surface area contributed by atoms with E-state index in [4.69, 9.17) is 17.3 Å². The summed E-state index contributed by atoms with van der Waals surface area (Å²) in [7, 11) is 0. The molecule has 0 fully saturated rings. The lowest BCUT2D eigenvalue weighted by atomic mass is 9.97. The highest BCUT2D eigenvalue weighted by atomic mass is 16.3. The number of phenolic OH excluding ortho intramolecular Hbond substituents is 1. The Morgan fingerprint density at radius 3 is 2.33 bits per heavy atom. The highest BCUT2D eigenvalue weighted by molar-refractivity contribution is 5.87. The predicted octanol–water partition coefficient (Wildman–Crippen LogP) is 0.786. The van der Waals surface area contributed by atoms with Crippen molar-refractivity contribution >= 4 is 17.8 Å². The summed E-state index contributed by atoms with van der Waals surface area (Å²) in [5, 5.41) is 23.4. The number of aryl methyl sites for hydroxylation is 2. The van der Waals surface area contributed by atoms with Gasteiger partial charge in [-0.25, -0.2) is 5.84 Å². The van der Waals surface area contributed by atoms with Crippen molar-refractivity contribution in [2.75, 3.05) is 13.2 Å². The number of aliphatic hydroxyl groups is 1. The molecule has 36 heavy (non-hydrogen) atoms. The van der Waals surface area contributed by atoms with Crippen LogP contribution in [0.15, 0.2) is 47.5 Å². The fourth-order valence-electron chi connectivity index (χ4n) is 4.15. The van der Waals surface area contributed by atoms with Gasteiger partial charge in [0.15, 0.2) is 5.96 Å². The van der Waals surface area contributed by atoms with Gasteiger partial charge in [-0.05, 0) is 73.9 Å². The van der Waals surface area contributed by atoms with E-state index in [1.807, 2.05) is 44.2 Å². The molecule has 0 aliphatic carbocycles. The van der Waals surface area contributed by atoms with Gasteiger partial charge in [0.05, 0.1) is 12.6 Å². The minimum Gasteiger partial charge on any atom is -0.508 e. The lowest BCUT2D eigenvalue weighted by Gasteiger charge is -2.28. The Morgan fingerprint density at radius 1 is 1.11 bits per heavy atom. The minimum absolute atomic E-state index is 0.0560. The van der Waals surface area contributed by atoms with E-state index in [1.54, 1.807) is 12.1 Å². The van der Waals surface area contributed by atoms with E-state index in [0.29, 0.717) is 19.3 Å². The molecule has 9 N–H and O–H groups in total. The van der Waals surface area contributed by atoms with Gasteiger partial charge in [0.1, 0.15) is 11.8 Å². The van der Waals surface area contributed by atoms with Crippen LogP contribution in [-0.2, 0) is 22.4 Å². The number of nitrogens with zero attached hydrogens (tertiary/aromatic N) is 2. The fourth-order valence-corrected chi connectivity index (χ4v) is 4.15. The molecule has 0 saturated carbocycles. The van der Waals surface area contributed by atoms with Crippen LogP contribution in [0.1, 0.15) is 41.5 Å². The van der Waals surface area contributed by atoms with E-state index in [0.717, 1.165) is 27.3 Å². The molecule has 0 aliphatic rings. The third-order valence-electron chi connectivity index (χ3n) is 6.02. The van der Waals surface area contributed by atoms with Crippen molar-refractivity contribution in [2.45, 2.75) is 58.0 Å². The number of benzene rings is 2. The van der Waals surface area contributed by atoms with Crippen LogP contribution in [0.2, 0.25) is 0 Å². The molecule has 0 heterocycles. The molecule has 2 rings (SSSR count). The normalized spacial score (nSPS) is 12.4. The van der Waals surface area contributed by atoms with Gasteiger partial charge in [-0.1, -0.05) is 30.3 Å². The number of phenols is 1. The van der Waals surface area contributed by atoms with Crippen LogP contribution >= 0.6 is 0 Å². The molecule has 196 valence electrons. The predicted molar refractivity (Wildman–Crippen MR) is 140 cm³/mol. The van der Waals surface area contributed by atoms with Crippen LogP contribution in [0.5, 0.6) is 5.75 Å². The maximum atomic E-state index is 13.2. The molecule has 0 unspecified atom stereocenters. The highest BCUT2D eigenvalue weighted by Crippen LogP contribution is 2.22. The highest BCUT2D eigenvalue weighted by Gasteiger charge is 2.29. The van der Waals surface area contributed by atoms with Crippen molar-refractivity contribution in [1.82, 2.24) is 10.3 Å². The van der Waals surface area contributed by atoms with E-state index in [9.17, 15) is 19.8 Å². The van der Waals surface area contributed by atoms with Crippen LogP contribution in [0.25, 0.3) is 0 Å². The number of hydrazine groups is 1. The Hall–Kier alpha value is -3.63. The topological polar surface area (TPSA) is 180 Å². The lowest BCUT2D eigenvalue weighted by Crippen LogP contribution is -2.55. The smallest absolute Gasteiger partial charge is 0.244 e. The van der Waals surface area contributed by atoms with Gasteiger partial charge >= 0.3 is 0 Å². The number of aromatic hydroxyl groups is 1. The first-order valence-corrected chi connectivity index (χ1v) is 12.0. The second-order valence-electron chi connectivity index (χ2n) is 8.90. The van der Waals surface area contributed by atoms with Gasteiger partial charge in [-0.3, -0.25) is 19.6 Å². The van der Waals surface area contributed by atoms with Crippen molar-refractivity contribution in [3.8, 4) is 5.75 Å². The number of rotatable bonds is 13. The summed E-state index contributed by atoms with van der Waals surface area (Å²) in [4.78, 5) is 30.1. The van der Waals surface area contributed by atoms with E-state index >= 15 is 0 Å². The van der Waals surface area contributed by atoms with Gasteiger partial charge in [0.2, 0.25) is 11.8 Å². The first-order valence-electron chi connectivity index (χ1n) is 12.0. The molecule has 0 aliphatic heterocycles. The fraction of sp³-hybridized carbons (Fsp3) is 0.423. The molecule has 2 aromatic carbocycles. The molecule has 0 bridgehead atoms. The zero-order chi connectivity index (χ0) is 26.7. The average Bonchev–Trinajstić information content (AvgIpc) is 2.82. The molecular weight excluding hydrogens is 460 g/mol. The number of hydrogen-bond acceptors (Lipinski definition) is 6. The Kier molecular flexibility index (Phi) is 11.2. The monoisotopic (exact) mass is 498 g/mol. The molecule has 0 radical (unpaired) electrons. The van der Waals surface area contributed by atoms with Gasteiger partial charge in [0.25, 0.3) is 0 Å². The van der Waals surface area contributed by atoms with Crippen LogP contribution in [-0.4, -0.2) is 58.2 Å². The summed E-state index contributed by atoms with van der Waals surface area (Å²) in [6.07, 6.45) is 1.61. The summed E-state index contributed by atoms with van der Waals surface area (Å²) in [5.74, 6) is 5.44. The van der Waals surface area contributed by atoms with Crippen molar-refractivity contribution in [3.63, 3.8) is 0 Å². The summed E-state index contributed by atoms with van der Waals surface area (Å²) in [6, 6.07) is 11.3. The second-order valence-corrected chi connectivity index (χ2v) is 8.90. The first kappa shape index (κ1) is 28.6. The molecule has 0 saturated heterocycles. The maximum Gasteiger partial charge on any atom is 0.244 e. The Bertz CT molecular complexity index is 1020. The van der Waals surface area contributed by atoms with E-state index in [2.05, 4.69) is 10.3 Å². The zero-order valence-corrected chi connectivity index (χ0v) is 21.0. The summed E-state index contributed by atoms with van der Waals surface area (Å²) in [6.45, 7) is 3.76. The van der Waals surface area contributed by atoms with Crippen LogP contribution in [0, 0.1) is 13.8 Å². The van der Waals surface area contributed by atoms with E-state index in [-0.39, 0.29) is 37.7 Å². The molecule has 2 amide bonds. The number of amides is 2. The lowest BCUT2D eigenvalue weighted by molar-refractivity contribution is -0.141. The van der Waals surface area contributed by atoms with Crippen LogP contribution in [0.4, 0.5) is 0 Å². The number of carbonyl (C=O) groups excluding carboxylic acids is 2. The standard InChI is InChI=1S/C26H38N6O4/c1-17-13-21(34)14-18(2)22(17)10-11-24(35)32(29)23(9-6-12-30-26(27)28)25(36)31-20(16-33)15-19-7-4-3-5-8-19/h3-5,7-8,13-14,20,23,33-34H,6,9-12,15-16,29H2,1-2H3,(H,31,36)(H4,27,28,30)/t20-,23+/m0/s1. The van der Waals surface area contributed by atoms with Crippen molar-refractivity contribution in [2.24, 2.45) is 22.3 Å². The zero-order valence-electron chi connectivity index (χ0n) is 21.0. The molecule has 0 spiro atoms. The van der Waals surface area contributed by atoms with Crippen LogP contribution in [0.3, 0.4) is 0 Å². The van der Waals surface area contributed by atoms with Gasteiger partial charge < -0.3 is 27.0 Å². The molecule has 2 aromatic rings. The van der Waals surface area contributed by atoms with Crippen molar-refractivity contribution < 1.29 is 19.8 Å². The van der Waals surface area contributed by atoms with Gasteiger partial charge in [-0.2, -0.15) is 0 Å². The number of aliphatic imine (C=N–C) groups is 1. The summed E-state index contributed by atoms with van der Waals surface area (Å²) < 4.78 is 0. The first-order chi connectivity index (χ1) is 17.1. The van der Waals surface area contributed by atoms with E-state index in [1.165, 1.54) is 0 Å². The van der Waals surface area contributed by atoms with Crippen LogP contribution < -0.4 is 22.6 Å². The van der Waals surface area contributed by atoms with Gasteiger partial charge in [-0.15, -0.1) is 0 Å². The van der Waals surface area contributed by atoms with Gasteiger partial charge in [0, 0.05) is 13.0 Å².